The Morgan fingerprint density at radius 3 is 2.85 bits per heavy atom. The number of fused-ring (bicyclic) bond motifs is 1. The van der Waals surface area contributed by atoms with Crippen LogP contribution in [0.15, 0.2) is 29.1 Å². The lowest BCUT2D eigenvalue weighted by Gasteiger charge is -2.35. The molecule has 1 saturated heterocycles. The van der Waals surface area contributed by atoms with Gasteiger partial charge in [-0.3, -0.25) is 4.79 Å². The molecule has 0 radical (unpaired) electrons. The van der Waals surface area contributed by atoms with Crippen molar-refractivity contribution >= 4 is 22.6 Å². The lowest BCUT2D eigenvalue weighted by Crippen LogP contribution is -2.39. The van der Waals surface area contributed by atoms with Crippen LogP contribution in [0.2, 0.25) is 5.15 Å². The van der Waals surface area contributed by atoms with Gasteiger partial charge in [0.2, 0.25) is 0 Å². The van der Waals surface area contributed by atoms with Crippen molar-refractivity contribution in [3.05, 3.63) is 51.2 Å². The number of rotatable bonds is 3. The topological polar surface area (TPSA) is 74.8 Å². The first kappa shape index (κ1) is 18.1. The van der Waals surface area contributed by atoms with Crippen molar-refractivity contribution in [2.45, 2.75) is 44.9 Å². The standard InChI is InChI=1S/C18H19ClFN5O2/c1-18(2)9-12(7-8-27-18)25-17(26)15-14(21-23-25)16(19)24(22-15)10-11-5-3-4-6-13(11)20/h3-6,12H,7-10H2,1-2H3/t12-/m1/s1. The van der Waals surface area contributed by atoms with E-state index < -0.39 is 0 Å². The fourth-order valence-electron chi connectivity index (χ4n) is 3.45. The highest BCUT2D eigenvalue weighted by atomic mass is 35.5. The van der Waals surface area contributed by atoms with E-state index in [2.05, 4.69) is 15.4 Å². The van der Waals surface area contributed by atoms with Gasteiger partial charge in [-0.05, 0) is 32.8 Å². The summed E-state index contributed by atoms with van der Waals surface area (Å²) in [5.74, 6) is -0.360. The summed E-state index contributed by atoms with van der Waals surface area (Å²) in [6.07, 6.45) is 1.32. The molecule has 0 unspecified atom stereocenters. The van der Waals surface area contributed by atoms with Gasteiger partial charge >= 0.3 is 0 Å². The minimum atomic E-state index is -0.360. The molecule has 9 heteroatoms. The number of ether oxygens (including phenoxy) is 1. The van der Waals surface area contributed by atoms with Gasteiger partial charge in [-0.1, -0.05) is 35.0 Å². The molecule has 2 aromatic heterocycles. The van der Waals surface area contributed by atoms with E-state index in [1.807, 2.05) is 13.8 Å². The second-order valence-electron chi connectivity index (χ2n) is 7.33. The second-order valence-corrected chi connectivity index (χ2v) is 7.69. The van der Waals surface area contributed by atoms with E-state index in [0.29, 0.717) is 25.0 Å². The van der Waals surface area contributed by atoms with Crippen LogP contribution in [0.3, 0.4) is 0 Å². The molecule has 1 fully saturated rings. The molecule has 1 aliphatic heterocycles. The molecule has 1 atom stereocenters. The quantitative estimate of drug-likeness (QED) is 0.686. The summed E-state index contributed by atoms with van der Waals surface area (Å²) in [4.78, 5) is 12.9. The minimum absolute atomic E-state index is 0.103. The van der Waals surface area contributed by atoms with E-state index >= 15 is 0 Å². The first-order chi connectivity index (χ1) is 12.9. The Morgan fingerprint density at radius 2 is 2.11 bits per heavy atom. The molecule has 0 saturated carbocycles. The van der Waals surface area contributed by atoms with Crippen molar-refractivity contribution in [3.8, 4) is 0 Å². The van der Waals surface area contributed by atoms with E-state index in [1.165, 1.54) is 15.4 Å². The Hall–Kier alpha value is -2.32. The van der Waals surface area contributed by atoms with E-state index in [-0.39, 0.29) is 45.8 Å². The van der Waals surface area contributed by atoms with Crippen LogP contribution >= 0.6 is 11.6 Å². The molecule has 3 heterocycles. The number of nitrogens with zero attached hydrogens (tertiary/aromatic N) is 5. The summed E-state index contributed by atoms with van der Waals surface area (Å²) >= 11 is 6.32. The highest BCUT2D eigenvalue weighted by molar-refractivity contribution is 6.33. The maximum atomic E-state index is 13.9. The Kier molecular flexibility index (Phi) is 4.47. The maximum Gasteiger partial charge on any atom is 0.298 e. The summed E-state index contributed by atoms with van der Waals surface area (Å²) < 4.78 is 22.4. The average molecular weight is 392 g/mol. The summed E-state index contributed by atoms with van der Waals surface area (Å²) in [6.45, 7) is 4.62. The van der Waals surface area contributed by atoms with Crippen LogP contribution in [-0.2, 0) is 11.3 Å². The number of aromatic nitrogens is 5. The molecule has 0 bridgehead atoms. The van der Waals surface area contributed by atoms with Gasteiger partial charge in [-0.15, -0.1) is 5.10 Å². The van der Waals surface area contributed by atoms with E-state index in [0.717, 1.165) is 0 Å². The third kappa shape index (κ3) is 3.35. The Bertz CT molecular complexity index is 1060. The van der Waals surface area contributed by atoms with Gasteiger partial charge in [0.05, 0.1) is 18.2 Å². The minimum Gasteiger partial charge on any atom is -0.375 e. The number of benzene rings is 1. The van der Waals surface area contributed by atoms with Crippen molar-refractivity contribution in [1.82, 2.24) is 24.8 Å². The summed E-state index contributed by atoms with van der Waals surface area (Å²) in [5, 5.41) is 12.6. The third-order valence-corrected chi connectivity index (χ3v) is 5.19. The molecule has 27 heavy (non-hydrogen) atoms. The highest BCUT2D eigenvalue weighted by Crippen LogP contribution is 2.31. The van der Waals surface area contributed by atoms with Crippen LogP contribution in [0.5, 0.6) is 0 Å². The van der Waals surface area contributed by atoms with Gasteiger partial charge in [0.15, 0.2) is 16.2 Å². The maximum absolute atomic E-state index is 13.9. The van der Waals surface area contributed by atoms with E-state index in [9.17, 15) is 9.18 Å². The molecule has 1 aromatic carbocycles. The SMILES string of the molecule is CC1(C)C[C@H](n2nnc3c(Cl)n(Cc4ccccc4F)nc3c2=O)CCO1. The number of hydrogen-bond donors (Lipinski definition) is 0. The molecule has 142 valence electrons. The van der Waals surface area contributed by atoms with Gasteiger partial charge < -0.3 is 4.74 Å². The Morgan fingerprint density at radius 1 is 1.33 bits per heavy atom. The summed E-state index contributed by atoms with van der Waals surface area (Å²) in [7, 11) is 0. The Labute approximate surface area is 159 Å². The molecular weight excluding hydrogens is 373 g/mol. The van der Waals surface area contributed by atoms with Gasteiger partial charge in [0, 0.05) is 12.2 Å². The third-order valence-electron chi connectivity index (χ3n) is 4.81. The van der Waals surface area contributed by atoms with Crippen LogP contribution in [-0.4, -0.2) is 37.0 Å². The zero-order chi connectivity index (χ0) is 19.2. The zero-order valence-electron chi connectivity index (χ0n) is 15.0. The molecule has 7 nitrogen and oxygen atoms in total. The van der Waals surface area contributed by atoms with Crippen molar-refractivity contribution in [2.75, 3.05) is 6.61 Å². The van der Waals surface area contributed by atoms with Crippen LogP contribution < -0.4 is 5.56 Å². The zero-order valence-corrected chi connectivity index (χ0v) is 15.8. The van der Waals surface area contributed by atoms with Crippen molar-refractivity contribution in [1.29, 1.82) is 0 Å². The normalized spacial score (nSPS) is 19.5. The largest absolute Gasteiger partial charge is 0.375 e. The predicted octanol–water partition coefficient (Wildman–Crippen LogP) is 2.96. The predicted molar refractivity (Wildman–Crippen MR) is 98.4 cm³/mol. The molecule has 0 spiro atoms. The Balaban J connectivity index is 1.74. The van der Waals surface area contributed by atoms with Gasteiger partial charge in [0.1, 0.15) is 5.82 Å². The molecule has 3 aromatic rings. The monoisotopic (exact) mass is 391 g/mol. The second kappa shape index (κ2) is 6.69. The van der Waals surface area contributed by atoms with Crippen molar-refractivity contribution < 1.29 is 9.13 Å². The van der Waals surface area contributed by atoms with E-state index in [4.69, 9.17) is 16.3 Å². The van der Waals surface area contributed by atoms with Crippen molar-refractivity contribution in [2.24, 2.45) is 0 Å². The summed E-state index contributed by atoms with van der Waals surface area (Å²) in [5.41, 5.74) is 0.0978. The molecule has 0 N–H and O–H groups in total. The van der Waals surface area contributed by atoms with Gasteiger partial charge in [-0.25, -0.2) is 13.8 Å². The van der Waals surface area contributed by atoms with Crippen LogP contribution in [0, 0.1) is 5.82 Å². The fourth-order valence-corrected chi connectivity index (χ4v) is 3.67. The number of hydrogen-bond acceptors (Lipinski definition) is 5. The molecule has 1 aliphatic rings. The number of halogens is 2. The van der Waals surface area contributed by atoms with E-state index in [1.54, 1.807) is 18.2 Å². The lowest BCUT2D eigenvalue weighted by molar-refractivity contribution is -0.0717. The first-order valence-electron chi connectivity index (χ1n) is 8.74. The average Bonchev–Trinajstić information content (AvgIpc) is 2.93. The molecule has 0 aliphatic carbocycles. The lowest BCUT2D eigenvalue weighted by atomic mass is 9.94. The smallest absolute Gasteiger partial charge is 0.298 e. The van der Waals surface area contributed by atoms with Crippen molar-refractivity contribution in [3.63, 3.8) is 0 Å². The summed E-state index contributed by atoms with van der Waals surface area (Å²) in [6, 6.07) is 6.24. The van der Waals surface area contributed by atoms with Gasteiger partial charge in [0.25, 0.3) is 5.56 Å². The fraction of sp³-hybridized carbons (Fsp3) is 0.444. The van der Waals surface area contributed by atoms with Gasteiger partial charge in [-0.2, -0.15) is 5.10 Å². The van der Waals surface area contributed by atoms with Crippen LogP contribution in [0.4, 0.5) is 4.39 Å². The van der Waals surface area contributed by atoms with Crippen LogP contribution in [0.25, 0.3) is 11.0 Å². The highest BCUT2D eigenvalue weighted by Gasteiger charge is 2.32. The molecule has 0 amide bonds. The molecular formula is C18H19ClFN5O2. The first-order valence-corrected chi connectivity index (χ1v) is 9.12. The molecule has 4 rings (SSSR count). The van der Waals surface area contributed by atoms with Crippen LogP contribution in [0.1, 0.15) is 38.3 Å².